The van der Waals surface area contributed by atoms with Gasteiger partial charge in [0.25, 0.3) is 11.1 Å². The summed E-state index contributed by atoms with van der Waals surface area (Å²) in [7, 11) is 0. The fraction of sp³-hybridized carbons (Fsp3) is 0.143. The molecule has 1 aliphatic rings. The third kappa shape index (κ3) is 5.09. The van der Waals surface area contributed by atoms with Crippen LogP contribution < -0.4 is 5.32 Å². The Kier molecular flexibility index (Phi) is 6.28. The van der Waals surface area contributed by atoms with Crippen molar-refractivity contribution in [3.8, 4) is 10.8 Å². The predicted molar refractivity (Wildman–Crippen MR) is 116 cm³/mol. The molecule has 0 bridgehead atoms. The number of benzene rings is 1. The number of thioether (sulfide) groups is 1. The summed E-state index contributed by atoms with van der Waals surface area (Å²) < 4.78 is 18.3. The van der Waals surface area contributed by atoms with Crippen molar-refractivity contribution in [3.05, 3.63) is 70.0 Å². The SMILES string of the molecule is O=C(Cc1csc(-c2ccco2)n1)NCCN1C(=O)S/C(=C\c2ccc(F)cc2)C1=O. The van der Waals surface area contributed by atoms with Crippen LogP contribution in [0.4, 0.5) is 9.18 Å². The highest BCUT2D eigenvalue weighted by molar-refractivity contribution is 8.18. The Balaban J connectivity index is 1.28. The average molecular weight is 458 g/mol. The van der Waals surface area contributed by atoms with Gasteiger partial charge in [-0.25, -0.2) is 9.37 Å². The van der Waals surface area contributed by atoms with Crippen molar-refractivity contribution < 1.29 is 23.2 Å². The normalized spacial score (nSPS) is 15.1. The zero-order valence-electron chi connectivity index (χ0n) is 16.0. The lowest BCUT2D eigenvalue weighted by molar-refractivity contribution is -0.124. The van der Waals surface area contributed by atoms with E-state index in [1.807, 2.05) is 0 Å². The highest BCUT2D eigenvalue weighted by atomic mass is 32.2. The van der Waals surface area contributed by atoms with Crippen molar-refractivity contribution in [2.75, 3.05) is 13.1 Å². The summed E-state index contributed by atoms with van der Waals surface area (Å²) in [6.45, 7) is 0.196. The zero-order valence-corrected chi connectivity index (χ0v) is 17.7. The molecule has 1 fully saturated rings. The maximum absolute atomic E-state index is 13.0. The molecule has 3 heterocycles. The minimum absolute atomic E-state index is 0.0614. The van der Waals surface area contributed by atoms with E-state index in [1.54, 1.807) is 29.9 Å². The molecule has 158 valence electrons. The van der Waals surface area contributed by atoms with Crippen LogP contribution in [0, 0.1) is 5.82 Å². The lowest BCUT2D eigenvalue weighted by atomic mass is 10.2. The number of aromatic nitrogens is 1. The van der Waals surface area contributed by atoms with Gasteiger partial charge in [-0.3, -0.25) is 19.3 Å². The largest absolute Gasteiger partial charge is 0.462 e. The predicted octanol–water partition coefficient (Wildman–Crippen LogP) is 3.94. The second kappa shape index (κ2) is 9.27. The van der Waals surface area contributed by atoms with E-state index in [1.165, 1.54) is 35.6 Å². The van der Waals surface area contributed by atoms with Gasteiger partial charge in [-0.2, -0.15) is 0 Å². The molecular weight excluding hydrogens is 441 g/mol. The number of hydrogen-bond donors (Lipinski definition) is 1. The monoisotopic (exact) mass is 457 g/mol. The Morgan fingerprint density at radius 2 is 2.03 bits per heavy atom. The first-order chi connectivity index (χ1) is 15.0. The highest BCUT2D eigenvalue weighted by Crippen LogP contribution is 2.32. The summed E-state index contributed by atoms with van der Waals surface area (Å²) >= 11 is 2.20. The minimum atomic E-state index is -0.434. The Bertz CT molecular complexity index is 1140. The lowest BCUT2D eigenvalue weighted by Gasteiger charge is -2.12. The fourth-order valence-electron chi connectivity index (χ4n) is 2.84. The standard InChI is InChI=1S/C21H16FN3O4S2/c22-14-5-3-13(4-6-14)10-17-20(27)25(21(28)31-17)8-7-23-18(26)11-15-12-30-19(24-15)16-2-1-9-29-16/h1-6,9-10,12H,7-8,11H2,(H,23,26)/b17-10-. The Hall–Kier alpha value is -3.24. The topological polar surface area (TPSA) is 92.5 Å². The molecule has 0 spiro atoms. The molecule has 0 atom stereocenters. The van der Waals surface area contributed by atoms with Crippen LogP contribution in [0.2, 0.25) is 0 Å². The van der Waals surface area contributed by atoms with Crippen LogP contribution in [0.5, 0.6) is 0 Å². The van der Waals surface area contributed by atoms with Crippen LogP contribution in [0.1, 0.15) is 11.3 Å². The third-order valence-corrected chi connectivity index (χ3v) is 6.14. The van der Waals surface area contributed by atoms with E-state index in [0.717, 1.165) is 16.7 Å². The molecule has 3 aromatic rings. The molecule has 4 rings (SSSR count). The number of imide groups is 1. The number of furan rings is 1. The fourth-order valence-corrected chi connectivity index (χ4v) is 4.49. The molecule has 31 heavy (non-hydrogen) atoms. The van der Waals surface area contributed by atoms with Crippen molar-refractivity contribution in [2.24, 2.45) is 0 Å². The number of hydrogen-bond acceptors (Lipinski definition) is 7. The summed E-state index contributed by atoms with van der Waals surface area (Å²) in [4.78, 5) is 42.5. The molecule has 1 aliphatic heterocycles. The van der Waals surface area contributed by atoms with E-state index in [2.05, 4.69) is 10.3 Å². The number of nitrogens with zero attached hydrogens (tertiary/aromatic N) is 2. The molecule has 7 nitrogen and oxygen atoms in total. The maximum atomic E-state index is 13.0. The van der Waals surface area contributed by atoms with E-state index < -0.39 is 11.1 Å². The van der Waals surface area contributed by atoms with Gasteiger partial charge < -0.3 is 9.73 Å². The number of carbonyl (C=O) groups is 3. The van der Waals surface area contributed by atoms with Gasteiger partial charge in [-0.15, -0.1) is 11.3 Å². The summed E-state index contributed by atoms with van der Waals surface area (Å²) in [5.74, 6) is -0.429. The zero-order chi connectivity index (χ0) is 21.8. The summed E-state index contributed by atoms with van der Waals surface area (Å²) in [5, 5.41) is 4.77. The minimum Gasteiger partial charge on any atom is -0.462 e. The van der Waals surface area contributed by atoms with E-state index in [4.69, 9.17) is 4.42 Å². The van der Waals surface area contributed by atoms with Crippen molar-refractivity contribution in [3.63, 3.8) is 0 Å². The van der Waals surface area contributed by atoms with Gasteiger partial charge in [0, 0.05) is 18.5 Å². The van der Waals surface area contributed by atoms with Gasteiger partial charge in [-0.05, 0) is 47.7 Å². The van der Waals surface area contributed by atoms with E-state index >= 15 is 0 Å². The average Bonchev–Trinajstić information content (AvgIpc) is 3.48. The molecule has 2 aromatic heterocycles. The maximum Gasteiger partial charge on any atom is 0.293 e. The molecule has 0 unspecified atom stereocenters. The Morgan fingerprint density at radius 3 is 2.77 bits per heavy atom. The first-order valence-corrected chi connectivity index (χ1v) is 10.9. The van der Waals surface area contributed by atoms with Gasteiger partial charge in [0.15, 0.2) is 10.8 Å². The van der Waals surface area contributed by atoms with Gasteiger partial charge in [0.05, 0.1) is 23.3 Å². The molecular formula is C21H16FN3O4S2. The number of amides is 3. The van der Waals surface area contributed by atoms with Gasteiger partial charge in [0.2, 0.25) is 5.91 Å². The smallest absolute Gasteiger partial charge is 0.293 e. The molecule has 3 amide bonds. The second-order valence-electron chi connectivity index (χ2n) is 6.53. The van der Waals surface area contributed by atoms with Gasteiger partial charge in [0.1, 0.15) is 5.82 Å². The molecule has 10 heteroatoms. The van der Waals surface area contributed by atoms with E-state index in [9.17, 15) is 18.8 Å². The van der Waals surface area contributed by atoms with Gasteiger partial charge in [-0.1, -0.05) is 12.1 Å². The molecule has 0 aliphatic carbocycles. The third-order valence-electron chi connectivity index (χ3n) is 4.32. The number of carbonyl (C=O) groups excluding carboxylic acids is 3. The summed E-state index contributed by atoms with van der Waals surface area (Å²) in [5.41, 5.74) is 1.24. The molecule has 0 saturated carbocycles. The van der Waals surface area contributed by atoms with Crippen LogP contribution in [0.25, 0.3) is 16.8 Å². The molecule has 1 aromatic carbocycles. The summed E-state index contributed by atoms with van der Waals surface area (Å²) in [6.07, 6.45) is 3.19. The highest BCUT2D eigenvalue weighted by Gasteiger charge is 2.34. The van der Waals surface area contributed by atoms with Gasteiger partial charge >= 0.3 is 0 Å². The van der Waals surface area contributed by atoms with Crippen LogP contribution >= 0.6 is 23.1 Å². The number of thiazole rings is 1. The van der Waals surface area contributed by atoms with E-state index in [-0.39, 0.29) is 36.1 Å². The second-order valence-corrected chi connectivity index (χ2v) is 8.38. The molecule has 0 radical (unpaired) electrons. The first-order valence-electron chi connectivity index (χ1n) is 9.25. The van der Waals surface area contributed by atoms with Crippen LogP contribution in [0.3, 0.4) is 0 Å². The Morgan fingerprint density at radius 1 is 1.23 bits per heavy atom. The quantitative estimate of drug-likeness (QED) is 0.541. The van der Waals surface area contributed by atoms with Crippen molar-refractivity contribution in [2.45, 2.75) is 6.42 Å². The van der Waals surface area contributed by atoms with Crippen LogP contribution in [-0.2, 0) is 16.0 Å². The van der Waals surface area contributed by atoms with Crippen LogP contribution in [0.15, 0.2) is 57.4 Å². The molecule has 1 saturated heterocycles. The van der Waals surface area contributed by atoms with Crippen molar-refractivity contribution in [1.29, 1.82) is 0 Å². The van der Waals surface area contributed by atoms with Crippen LogP contribution in [-0.4, -0.2) is 40.0 Å². The van der Waals surface area contributed by atoms with E-state index in [0.29, 0.717) is 22.0 Å². The molecule has 1 N–H and O–H groups in total. The number of rotatable bonds is 7. The lowest BCUT2D eigenvalue weighted by Crippen LogP contribution is -2.37. The number of halogens is 1. The number of nitrogens with one attached hydrogen (secondary N) is 1. The van der Waals surface area contributed by atoms with Crippen molar-refractivity contribution >= 4 is 46.2 Å². The van der Waals surface area contributed by atoms with Crippen molar-refractivity contribution in [1.82, 2.24) is 15.2 Å². The first kappa shape index (κ1) is 21.0. The summed E-state index contributed by atoms with van der Waals surface area (Å²) in [6, 6.07) is 9.18. The Labute approximate surface area is 185 Å².